The molecule has 0 radical (unpaired) electrons. The number of hydrogen-bond donors (Lipinski definition) is 0. The molecule has 0 heterocycles. The third-order valence-corrected chi connectivity index (χ3v) is 8.06. The topological polar surface area (TPSA) is 18.5 Å². The van der Waals surface area contributed by atoms with Gasteiger partial charge >= 0.3 is 12.5 Å². The van der Waals surface area contributed by atoms with E-state index in [0.717, 1.165) is 49.0 Å². The Bertz CT molecular complexity index is 1010. The molecule has 37 heavy (non-hydrogen) atoms. The van der Waals surface area contributed by atoms with Crippen LogP contribution in [0.25, 0.3) is 0 Å². The Morgan fingerprint density at radius 2 is 1.24 bits per heavy atom. The summed E-state index contributed by atoms with van der Waals surface area (Å²) in [6.45, 7) is 2.27. The van der Waals surface area contributed by atoms with Gasteiger partial charge < -0.3 is 9.47 Å². The van der Waals surface area contributed by atoms with E-state index >= 15 is 0 Å². The Morgan fingerprint density at radius 3 is 1.73 bits per heavy atom. The van der Waals surface area contributed by atoms with E-state index in [1.54, 1.807) is 12.1 Å². The van der Waals surface area contributed by atoms with Crippen LogP contribution in [0.3, 0.4) is 0 Å². The Kier molecular flexibility index (Phi) is 8.29. The minimum absolute atomic E-state index is 0.0612. The van der Waals surface area contributed by atoms with E-state index < -0.39 is 35.4 Å². The number of halogens is 7. The van der Waals surface area contributed by atoms with Crippen LogP contribution in [0.5, 0.6) is 11.5 Å². The smallest absolute Gasteiger partial charge is 0.429 e. The lowest BCUT2D eigenvalue weighted by molar-refractivity contribution is -0.276. The van der Waals surface area contributed by atoms with Crippen LogP contribution in [0.2, 0.25) is 0 Å². The molecule has 0 unspecified atom stereocenters. The molecule has 2 aromatic carbocycles. The Balaban J connectivity index is 1.35. The first-order chi connectivity index (χ1) is 17.4. The van der Waals surface area contributed by atoms with Crippen LogP contribution in [0.4, 0.5) is 30.7 Å². The molecule has 4 rings (SSSR count). The zero-order valence-corrected chi connectivity index (χ0v) is 20.6. The first-order valence-electron chi connectivity index (χ1n) is 12.9. The Labute approximate surface area is 212 Å². The molecule has 2 nitrogen and oxygen atoms in total. The van der Waals surface area contributed by atoms with Crippen molar-refractivity contribution in [3.8, 4) is 11.5 Å². The van der Waals surface area contributed by atoms with E-state index in [4.69, 9.17) is 0 Å². The fourth-order valence-electron chi connectivity index (χ4n) is 5.95. The highest BCUT2D eigenvalue weighted by Crippen LogP contribution is 2.45. The van der Waals surface area contributed by atoms with Crippen LogP contribution in [0.1, 0.15) is 81.8 Å². The number of benzene rings is 2. The molecule has 9 heteroatoms. The third kappa shape index (κ3) is 6.90. The monoisotopic (exact) mass is 532 g/mol. The van der Waals surface area contributed by atoms with Crippen molar-refractivity contribution in [3.63, 3.8) is 0 Å². The molecule has 0 atom stereocenters. The van der Waals surface area contributed by atoms with Gasteiger partial charge in [-0.3, -0.25) is 0 Å². The zero-order chi connectivity index (χ0) is 26.8. The number of alkyl halides is 5. The molecule has 204 valence electrons. The lowest BCUT2D eigenvalue weighted by Crippen LogP contribution is -2.25. The largest absolute Gasteiger partial charge is 0.573 e. The summed E-state index contributed by atoms with van der Waals surface area (Å²) < 4.78 is 102. The van der Waals surface area contributed by atoms with Gasteiger partial charge in [0.2, 0.25) is 5.75 Å². The second-order valence-corrected chi connectivity index (χ2v) is 10.3. The van der Waals surface area contributed by atoms with E-state index in [-0.39, 0.29) is 17.9 Å². The summed E-state index contributed by atoms with van der Waals surface area (Å²) in [5.41, 5.74) is -0.248. The lowest BCUT2D eigenvalue weighted by atomic mass is 9.68. The summed E-state index contributed by atoms with van der Waals surface area (Å²) >= 11 is 0. The summed E-state index contributed by atoms with van der Waals surface area (Å²) in [5, 5.41) is 0. The van der Waals surface area contributed by atoms with E-state index in [2.05, 4.69) is 16.4 Å². The average molecular weight is 533 g/mol. The minimum atomic E-state index is -5.38. The lowest BCUT2D eigenvalue weighted by Gasteiger charge is -2.38. The molecule has 2 fully saturated rings. The van der Waals surface area contributed by atoms with Crippen molar-refractivity contribution in [3.05, 3.63) is 59.2 Å². The van der Waals surface area contributed by atoms with Gasteiger partial charge in [0.15, 0.2) is 11.6 Å². The molecule has 0 spiro atoms. The highest BCUT2D eigenvalue weighted by Gasteiger charge is 2.39. The summed E-state index contributed by atoms with van der Waals surface area (Å²) in [6, 6.07) is 6.29. The van der Waals surface area contributed by atoms with Crippen molar-refractivity contribution in [1.82, 2.24) is 0 Å². The van der Waals surface area contributed by atoms with Gasteiger partial charge in [-0.05, 0) is 92.0 Å². The molecule has 2 aliphatic rings. The SMILES string of the molecule is CCC1CCC(C2CCC(c3ccc(OC(F)(F)c4cc(F)c(OC(F)(F)F)c(F)c4)cc3)CC2)CC1. The number of rotatable bonds is 7. The van der Waals surface area contributed by atoms with Crippen LogP contribution in [-0.2, 0) is 6.11 Å². The normalized spacial score (nSPS) is 25.1. The summed E-state index contributed by atoms with van der Waals surface area (Å²) in [4.78, 5) is 0. The maximum absolute atomic E-state index is 14.6. The molecule has 0 aliphatic heterocycles. The summed E-state index contributed by atoms with van der Waals surface area (Å²) in [5.74, 6) is -3.09. The molecular weight excluding hydrogens is 501 g/mol. The molecule has 0 N–H and O–H groups in total. The minimum Gasteiger partial charge on any atom is -0.429 e. The highest BCUT2D eigenvalue weighted by atomic mass is 19.4. The first-order valence-corrected chi connectivity index (χ1v) is 12.9. The molecule has 0 bridgehead atoms. The fourth-order valence-corrected chi connectivity index (χ4v) is 5.95. The van der Waals surface area contributed by atoms with Crippen LogP contribution in [0, 0.1) is 29.4 Å². The van der Waals surface area contributed by atoms with Crippen LogP contribution < -0.4 is 9.47 Å². The first kappa shape index (κ1) is 27.6. The predicted octanol–water partition coefficient (Wildman–Crippen LogP) is 9.48. The van der Waals surface area contributed by atoms with Crippen LogP contribution in [-0.4, -0.2) is 6.36 Å². The standard InChI is InChI=1S/C28H31F7O2/c1-2-17-3-5-18(6-4-17)19-7-9-20(10-8-19)21-11-13-23(14-12-21)36-27(31,32)22-15-24(29)26(25(30)16-22)37-28(33,34)35/h11-20H,2-10H2,1H3. The van der Waals surface area contributed by atoms with E-state index in [1.165, 1.54) is 44.2 Å². The van der Waals surface area contributed by atoms with Gasteiger partial charge in [0.1, 0.15) is 5.75 Å². The molecule has 2 aliphatic carbocycles. The van der Waals surface area contributed by atoms with Crippen molar-refractivity contribution >= 4 is 0 Å². The van der Waals surface area contributed by atoms with Gasteiger partial charge in [-0.25, -0.2) is 8.78 Å². The maximum Gasteiger partial charge on any atom is 0.573 e. The predicted molar refractivity (Wildman–Crippen MR) is 124 cm³/mol. The summed E-state index contributed by atoms with van der Waals surface area (Å²) in [6.07, 6.45) is 1.41. The maximum atomic E-state index is 14.6. The van der Waals surface area contributed by atoms with Crippen molar-refractivity contribution in [1.29, 1.82) is 0 Å². The molecule has 2 aromatic rings. The van der Waals surface area contributed by atoms with Gasteiger partial charge in [-0.1, -0.05) is 38.3 Å². The molecule has 2 saturated carbocycles. The number of hydrogen-bond acceptors (Lipinski definition) is 2. The average Bonchev–Trinajstić information content (AvgIpc) is 2.86. The highest BCUT2D eigenvalue weighted by molar-refractivity contribution is 5.35. The van der Waals surface area contributed by atoms with E-state index in [0.29, 0.717) is 5.92 Å². The molecular formula is C28H31F7O2. The van der Waals surface area contributed by atoms with Crippen molar-refractivity contribution in [2.24, 2.45) is 17.8 Å². The number of ether oxygens (including phenoxy) is 2. The van der Waals surface area contributed by atoms with Crippen molar-refractivity contribution in [2.75, 3.05) is 0 Å². The second kappa shape index (κ2) is 11.1. The second-order valence-electron chi connectivity index (χ2n) is 10.3. The van der Waals surface area contributed by atoms with Gasteiger partial charge in [0.25, 0.3) is 0 Å². The van der Waals surface area contributed by atoms with Crippen LogP contribution >= 0.6 is 0 Å². The molecule has 0 saturated heterocycles. The van der Waals surface area contributed by atoms with Gasteiger partial charge in [-0.2, -0.15) is 8.78 Å². The molecule has 0 aromatic heterocycles. The van der Waals surface area contributed by atoms with Crippen LogP contribution in [0.15, 0.2) is 36.4 Å². The fraction of sp³-hybridized carbons (Fsp3) is 0.571. The van der Waals surface area contributed by atoms with Gasteiger partial charge in [-0.15, -0.1) is 13.2 Å². The molecule has 0 amide bonds. The zero-order valence-electron chi connectivity index (χ0n) is 20.6. The Hall–Kier alpha value is -2.45. The van der Waals surface area contributed by atoms with Gasteiger partial charge in [0.05, 0.1) is 5.56 Å². The van der Waals surface area contributed by atoms with Crippen molar-refractivity contribution in [2.45, 2.75) is 83.1 Å². The van der Waals surface area contributed by atoms with Gasteiger partial charge in [0, 0.05) is 0 Å². The Morgan fingerprint density at radius 1 is 0.730 bits per heavy atom. The third-order valence-electron chi connectivity index (χ3n) is 8.06. The van der Waals surface area contributed by atoms with Crippen molar-refractivity contribution < 1.29 is 40.2 Å². The quantitative estimate of drug-likeness (QED) is 0.331. The van der Waals surface area contributed by atoms with E-state index in [9.17, 15) is 30.7 Å². The summed E-state index contributed by atoms with van der Waals surface area (Å²) in [7, 11) is 0. The van der Waals surface area contributed by atoms with E-state index in [1.807, 2.05) is 0 Å².